The Bertz CT molecular complexity index is 2650. The number of nitrogens with one attached hydrogen (secondary N) is 1. The van der Waals surface area contributed by atoms with Crippen LogP contribution in [0.1, 0.15) is 143 Å². The van der Waals surface area contributed by atoms with Gasteiger partial charge in [-0.2, -0.15) is 0 Å². The van der Waals surface area contributed by atoms with Crippen LogP contribution in [-0.4, -0.2) is 101 Å². The van der Waals surface area contributed by atoms with Crippen LogP contribution in [-0.2, 0) is 56.2 Å². The second-order valence-electron chi connectivity index (χ2n) is 23.1. The Labute approximate surface area is 457 Å². The van der Waals surface area contributed by atoms with Crippen LogP contribution >= 0.6 is 7.82 Å². The monoisotopic (exact) mass is 1100 g/mol. The number of unbranched alkanes of at least 4 members (excludes halogenated alkanes) is 4. The molecule has 11 atom stereocenters. The van der Waals surface area contributed by atoms with Crippen LogP contribution < -0.4 is 9.84 Å². The van der Waals surface area contributed by atoms with Crippen molar-refractivity contribution in [3.63, 3.8) is 0 Å². The highest BCUT2D eigenvalue weighted by molar-refractivity contribution is 7.95. The topological polar surface area (TPSA) is 207 Å². The number of Topliss-reactive ketones (excluding diaryl/α,β-unsaturated/α-hetero) is 1. The van der Waals surface area contributed by atoms with Crippen LogP contribution in [0.2, 0.25) is 0 Å². The lowest BCUT2D eigenvalue weighted by Gasteiger charge is -2.59. The van der Waals surface area contributed by atoms with Gasteiger partial charge < -0.3 is 39.0 Å². The predicted octanol–water partition coefficient (Wildman–Crippen LogP) is 9.86. The van der Waals surface area contributed by atoms with Crippen LogP contribution in [0.25, 0.3) is 0 Å². The molecule has 1 aliphatic heterocycles. The lowest BCUT2D eigenvalue weighted by Crippen LogP contribution is -2.63. The summed E-state index contributed by atoms with van der Waals surface area (Å²) in [6.45, 7) is 6.22. The minimum Gasteiger partial charge on any atom is -0.454 e. The molecule has 14 nitrogen and oxygen atoms in total. The molecule has 1 heterocycles. The van der Waals surface area contributed by atoms with Crippen molar-refractivity contribution in [3.05, 3.63) is 119 Å². The van der Waals surface area contributed by atoms with Crippen molar-refractivity contribution < 1.29 is 62.4 Å². The van der Waals surface area contributed by atoms with Gasteiger partial charge in [-0.3, -0.25) is 19.4 Å². The maximum absolute atomic E-state index is 15.1. The van der Waals surface area contributed by atoms with Crippen LogP contribution in [0.4, 0.5) is 0 Å². The van der Waals surface area contributed by atoms with Crippen molar-refractivity contribution in [2.75, 3.05) is 39.2 Å². The third-order valence-corrected chi connectivity index (χ3v) is 20.4. The zero-order valence-corrected chi connectivity index (χ0v) is 46.9. The van der Waals surface area contributed by atoms with Gasteiger partial charge in [-0.1, -0.05) is 100 Å². The highest BCUT2D eigenvalue weighted by atomic mass is 32.2. The lowest BCUT2D eigenvalue weighted by atomic mass is 9.46. The first kappa shape index (κ1) is 57.7. The fourth-order valence-corrected chi connectivity index (χ4v) is 16.2. The van der Waals surface area contributed by atoms with Crippen LogP contribution in [0, 0.1) is 34.5 Å². The van der Waals surface area contributed by atoms with E-state index in [-0.39, 0.29) is 52.3 Å². The summed E-state index contributed by atoms with van der Waals surface area (Å²) in [7, 11) is -5.57. The summed E-state index contributed by atoms with van der Waals surface area (Å²) in [5.74, 6) is -0.787. The highest BCUT2D eigenvalue weighted by Gasteiger charge is 2.76. The third kappa shape index (κ3) is 13.0. The van der Waals surface area contributed by atoms with Gasteiger partial charge in [0.05, 0.1) is 23.9 Å². The Morgan fingerprint density at radius 2 is 1.69 bits per heavy atom. The maximum Gasteiger partial charge on any atom is 0.524 e. The Morgan fingerprint density at radius 3 is 2.47 bits per heavy atom. The van der Waals surface area contributed by atoms with E-state index < -0.39 is 72.3 Å². The fraction of sp³-hybridized carbons (Fsp3) is 0.590. The summed E-state index contributed by atoms with van der Waals surface area (Å²) in [5, 5.41) is 26.8. The number of ether oxygens (including phenoxy) is 4. The third-order valence-electron chi connectivity index (χ3n) is 18.1. The second-order valence-corrected chi connectivity index (χ2v) is 26.3. The van der Waals surface area contributed by atoms with E-state index in [2.05, 4.69) is 43.4 Å². The standard InChI is InChI=1S/C61H80NO13PS/c1-59-29-28-47(63)35-46(59)25-26-49-50-36-55-61(60(50,2)37-51(64)56(49)59,74-58(73-55)42-20-10-7-11-21-42)54(66)39-72-57(67)44-22-16-23-48(34-44)77(3)40-45-33-43(24-27-53(45)75-76(68,69)70)52(65)38-62-30-13-4-5-14-31-71-32-15-12-19-41-17-8-6-9-18-41/h6,8-9,16-18,22-24,27-29,33-35,42,49-52,55-56,58,62,64-65H,4-5,7,10-15,19-21,25-26,30-32,36-40H2,1-3H3,(H-,68,69,70)/p+1/t49?,50?,51?,52?,55-,56?,58-,59+,60+,61-,77?/m1/s1. The molecule has 4 saturated carbocycles. The average Bonchev–Trinajstić information content (AvgIpc) is 4.16. The molecule has 3 aromatic rings. The molecule has 9 rings (SSSR count). The molecule has 6 unspecified atom stereocenters. The molecule has 6 aliphatic rings. The fourth-order valence-electron chi connectivity index (χ4n) is 14.3. The number of phosphoric acid groups is 1. The van der Waals surface area contributed by atoms with E-state index >= 15 is 4.79 Å². The first-order chi connectivity index (χ1) is 37.0. The number of ketones is 2. The average molecular weight is 1100 g/mol. The number of hydrogen-bond acceptors (Lipinski definition) is 12. The van der Waals surface area contributed by atoms with E-state index in [4.69, 9.17) is 23.5 Å². The van der Waals surface area contributed by atoms with Gasteiger partial charge in [0.2, 0.25) is 5.78 Å². The number of aryl methyl sites for hydroxylation is 1. The molecule has 418 valence electrons. The van der Waals surface area contributed by atoms with Gasteiger partial charge in [-0.25, -0.2) is 9.36 Å². The number of aliphatic hydroxyl groups excluding tert-OH is 2. The zero-order valence-electron chi connectivity index (χ0n) is 45.2. The van der Waals surface area contributed by atoms with Crippen molar-refractivity contribution in [1.29, 1.82) is 0 Å². The Morgan fingerprint density at radius 1 is 0.922 bits per heavy atom. The number of hydrogen-bond donors (Lipinski definition) is 5. The molecule has 0 bridgehead atoms. The molecule has 5 fully saturated rings. The molecule has 3 aromatic carbocycles. The number of phosphoric ester groups is 1. The normalized spacial score (nSPS) is 29.6. The summed E-state index contributed by atoms with van der Waals surface area (Å²) in [5.41, 5.74) is 0.955. The highest BCUT2D eigenvalue weighted by Crippen LogP contribution is 2.70. The van der Waals surface area contributed by atoms with Crippen LogP contribution in [0.3, 0.4) is 0 Å². The Hall–Kier alpha value is -3.99. The minimum atomic E-state index is -4.93. The minimum absolute atomic E-state index is 0.00112. The zero-order chi connectivity index (χ0) is 54.4. The lowest BCUT2D eigenvalue weighted by molar-refractivity contribution is -0.209. The number of esters is 1. The van der Waals surface area contributed by atoms with Gasteiger partial charge in [-0.05, 0) is 137 Å². The molecule has 16 heteroatoms. The largest absolute Gasteiger partial charge is 0.524 e. The predicted molar refractivity (Wildman–Crippen MR) is 295 cm³/mol. The van der Waals surface area contributed by atoms with E-state index in [1.54, 1.807) is 42.5 Å². The number of rotatable bonds is 25. The maximum atomic E-state index is 15.1. The SMILES string of the molecule is C[S+](Cc1cc(C(O)CNCCCCCCOCCCCc2ccccc2)ccc1OP(=O)(O)O)c1cccc(C(=O)OCC(=O)[C@@]23O[C@H](C4CCCCC4)O[C@@H]2CC2C4CCC5=CC(=O)C=C[C@]5(C)C4C(O)C[C@@]23C)c1. The van der Waals surface area contributed by atoms with Gasteiger partial charge in [0.25, 0.3) is 0 Å². The number of allylic oxidation sites excluding steroid dienone is 4. The number of fused-ring (bicyclic) bond motifs is 7. The summed E-state index contributed by atoms with van der Waals surface area (Å²) in [6.07, 6.45) is 19.3. The van der Waals surface area contributed by atoms with E-state index in [9.17, 15) is 34.2 Å². The summed E-state index contributed by atoms with van der Waals surface area (Å²) in [4.78, 5) is 62.0. The van der Waals surface area contributed by atoms with Gasteiger partial charge in [0.15, 0.2) is 29.2 Å². The summed E-state index contributed by atoms with van der Waals surface area (Å²) < 4.78 is 42.9. The van der Waals surface area contributed by atoms with E-state index in [0.717, 1.165) is 120 Å². The Balaban J connectivity index is 0.802. The van der Waals surface area contributed by atoms with E-state index in [0.29, 0.717) is 30.5 Å². The molecule has 1 saturated heterocycles. The molecule has 0 amide bonds. The van der Waals surface area contributed by atoms with Crippen molar-refractivity contribution in [2.45, 2.75) is 157 Å². The van der Waals surface area contributed by atoms with Gasteiger partial charge >= 0.3 is 13.8 Å². The second kappa shape index (κ2) is 25.2. The molecule has 77 heavy (non-hydrogen) atoms. The number of benzene rings is 3. The van der Waals surface area contributed by atoms with Gasteiger partial charge in [-0.15, -0.1) is 0 Å². The van der Waals surface area contributed by atoms with Crippen molar-refractivity contribution in [2.24, 2.45) is 34.5 Å². The van der Waals surface area contributed by atoms with Crippen molar-refractivity contribution in [3.8, 4) is 5.75 Å². The molecule has 0 aromatic heterocycles. The quantitative estimate of drug-likeness (QED) is 0.0232. The van der Waals surface area contributed by atoms with Crippen molar-refractivity contribution in [1.82, 2.24) is 5.32 Å². The Kier molecular flexibility index (Phi) is 18.9. The summed E-state index contributed by atoms with van der Waals surface area (Å²) in [6, 6.07) is 22.2. The van der Waals surface area contributed by atoms with Crippen molar-refractivity contribution >= 4 is 36.3 Å². The smallest absolute Gasteiger partial charge is 0.454 e. The molecule has 0 radical (unpaired) electrons. The molecular formula is C61H81NO13PS+. The number of aliphatic hydroxyl groups is 2. The molecular weight excluding hydrogens is 1020 g/mol. The summed E-state index contributed by atoms with van der Waals surface area (Å²) >= 11 is 0. The van der Waals surface area contributed by atoms with Crippen LogP contribution in [0.5, 0.6) is 5.75 Å². The van der Waals surface area contributed by atoms with Gasteiger partial charge in [0, 0.05) is 64.9 Å². The molecule has 0 spiro atoms. The van der Waals surface area contributed by atoms with E-state index in [1.165, 1.54) is 11.6 Å². The molecule has 5 N–H and O–H groups in total. The number of carbonyl (C=O) groups excluding carboxylic acids is 3. The first-order valence-electron chi connectivity index (χ1n) is 28.3. The van der Waals surface area contributed by atoms with Crippen LogP contribution in [0.15, 0.2) is 101 Å². The number of carbonyl (C=O) groups is 3. The van der Waals surface area contributed by atoms with Gasteiger partial charge in [0.1, 0.15) is 17.8 Å². The van der Waals surface area contributed by atoms with E-state index in [1.807, 2.05) is 24.5 Å². The first-order valence-corrected chi connectivity index (χ1v) is 31.6. The molecule has 5 aliphatic carbocycles.